The van der Waals surface area contributed by atoms with Gasteiger partial charge in [-0.25, -0.2) is 9.97 Å². The molecule has 4 rings (SSSR count). The van der Waals surface area contributed by atoms with Crippen LogP contribution >= 0.6 is 0 Å². The molecule has 0 saturated carbocycles. The van der Waals surface area contributed by atoms with Crippen LogP contribution < -0.4 is 4.90 Å². The number of carbonyl (C=O) groups is 1. The van der Waals surface area contributed by atoms with E-state index in [9.17, 15) is 4.79 Å². The Morgan fingerprint density at radius 3 is 2.79 bits per heavy atom. The van der Waals surface area contributed by atoms with E-state index in [-0.39, 0.29) is 11.9 Å². The summed E-state index contributed by atoms with van der Waals surface area (Å²) in [5.41, 5.74) is 3.77. The highest BCUT2D eigenvalue weighted by Gasteiger charge is 2.33. The maximum Gasteiger partial charge on any atom is 0.274 e. The minimum absolute atomic E-state index is 0.0276. The first-order valence-corrected chi connectivity index (χ1v) is 10.4. The molecule has 4 heterocycles. The zero-order valence-corrected chi connectivity index (χ0v) is 17.3. The van der Waals surface area contributed by atoms with Gasteiger partial charge in [0.05, 0.1) is 6.04 Å². The molecule has 1 fully saturated rings. The largest absolute Gasteiger partial charge is 0.359 e. The molecule has 2 aromatic heterocycles. The molecule has 0 radical (unpaired) electrons. The van der Waals surface area contributed by atoms with E-state index in [0.29, 0.717) is 11.6 Å². The molecule has 1 atom stereocenters. The van der Waals surface area contributed by atoms with Crippen LogP contribution in [0, 0.1) is 6.92 Å². The molecular weight excluding hydrogens is 352 g/mol. The summed E-state index contributed by atoms with van der Waals surface area (Å²) in [6.45, 7) is 7.99. The summed E-state index contributed by atoms with van der Waals surface area (Å²) in [6.07, 6.45) is 5.16. The van der Waals surface area contributed by atoms with Crippen molar-refractivity contribution in [2.45, 2.75) is 64.8 Å². The topological polar surface area (TPSA) is 78.0 Å². The molecule has 28 heavy (non-hydrogen) atoms. The van der Waals surface area contributed by atoms with Crippen LogP contribution in [0.4, 0.5) is 5.82 Å². The Hall–Kier alpha value is -2.44. The van der Waals surface area contributed by atoms with Gasteiger partial charge in [-0.1, -0.05) is 13.8 Å². The number of hydrogen-bond acceptors (Lipinski definition) is 5. The van der Waals surface area contributed by atoms with Gasteiger partial charge in [-0.3, -0.25) is 9.89 Å². The van der Waals surface area contributed by atoms with Crippen molar-refractivity contribution in [3.63, 3.8) is 0 Å². The lowest BCUT2D eigenvalue weighted by Gasteiger charge is -2.35. The Morgan fingerprint density at radius 1 is 1.21 bits per heavy atom. The number of likely N-dealkylation sites (tertiary alicyclic amines) is 1. The smallest absolute Gasteiger partial charge is 0.274 e. The predicted molar refractivity (Wildman–Crippen MR) is 109 cm³/mol. The quantitative estimate of drug-likeness (QED) is 0.880. The predicted octanol–water partition coefficient (Wildman–Crippen LogP) is 3.38. The van der Waals surface area contributed by atoms with E-state index in [0.717, 1.165) is 68.2 Å². The average molecular weight is 383 g/mol. The van der Waals surface area contributed by atoms with Crippen molar-refractivity contribution in [3.05, 3.63) is 34.5 Å². The van der Waals surface area contributed by atoms with Gasteiger partial charge in [0.25, 0.3) is 5.91 Å². The van der Waals surface area contributed by atoms with Crippen molar-refractivity contribution in [2.24, 2.45) is 0 Å². The summed E-state index contributed by atoms with van der Waals surface area (Å²) in [6, 6.07) is 1.80. The molecule has 1 saturated heterocycles. The second-order valence-electron chi connectivity index (χ2n) is 8.37. The summed E-state index contributed by atoms with van der Waals surface area (Å²) in [5.74, 6) is 2.10. The third kappa shape index (κ3) is 3.38. The maximum atomic E-state index is 13.2. The van der Waals surface area contributed by atoms with Gasteiger partial charge in [0.15, 0.2) is 5.82 Å². The minimum Gasteiger partial charge on any atom is -0.359 e. The fourth-order valence-electron chi connectivity index (χ4n) is 4.29. The van der Waals surface area contributed by atoms with Gasteiger partial charge in [0, 0.05) is 37.1 Å². The van der Waals surface area contributed by atoms with Crippen LogP contribution in [0.3, 0.4) is 0 Å². The molecule has 2 aromatic rings. The van der Waals surface area contributed by atoms with E-state index in [4.69, 9.17) is 9.97 Å². The summed E-state index contributed by atoms with van der Waals surface area (Å²) >= 11 is 0. The number of aryl methyl sites for hydroxylation is 1. The van der Waals surface area contributed by atoms with Gasteiger partial charge in [0.2, 0.25) is 0 Å². The van der Waals surface area contributed by atoms with E-state index >= 15 is 0 Å². The van der Waals surface area contributed by atoms with Gasteiger partial charge in [0.1, 0.15) is 11.5 Å². The van der Waals surface area contributed by atoms with Crippen molar-refractivity contribution >= 4 is 11.7 Å². The van der Waals surface area contributed by atoms with E-state index in [1.165, 1.54) is 5.56 Å². The SMILES string of the molecule is Cc1nc([C@@H]2CCCCN2C(=O)c2cc(C(C)C)[nH]n2)nc2c1CCCN2C. The minimum atomic E-state index is -0.0835. The lowest BCUT2D eigenvalue weighted by Crippen LogP contribution is -2.40. The molecule has 150 valence electrons. The average Bonchev–Trinajstić information content (AvgIpc) is 3.19. The van der Waals surface area contributed by atoms with Gasteiger partial charge < -0.3 is 9.80 Å². The van der Waals surface area contributed by atoms with Crippen molar-refractivity contribution in [3.8, 4) is 0 Å². The number of nitrogens with one attached hydrogen (secondary N) is 1. The number of amides is 1. The summed E-state index contributed by atoms with van der Waals surface area (Å²) in [5, 5.41) is 7.28. The Labute approximate surface area is 166 Å². The van der Waals surface area contributed by atoms with Crippen LogP contribution in [0.5, 0.6) is 0 Å². The number of nitrogens with zero attached hydrogens (tertiary/aromatic N) is 5. The lowest BCUT2D eigenvalue weighted by molar-refractivity contribution is 0.0593. The van der Waals surface area contributed by atoms with Crippen LogP contribution in [0.2, 0.25) is 0 Å². The Bertz CT molecular complexity index is 874. The van der Waals surface area contributed by atoms with Gasteiger partial charge >= 0.3 is 0 Å². The van der Waals surface area contributed by atoms with E-state index < -0.39 is 0 Å². The Kier molecular flexibility index (Phi) is 5.08. The van der Waals surface area contributed by atoms with Crippen molar-refractivity contribution in [1.29, 1.82) is 0 Å². The van der Waals surface area contributed by atoms with Gasteiger partial charge in [-0.05, 0) is 51.0 Å². The molecule has 0 aromatic carbocycles. The zero-order chi connectivity index (χ0) is 19.8. The number of piperidine rings is 1. The van der Waals surface area contributed by atoms with Crippen LogP contribution in [-0.2, 0) is 6.42 Å². The zero-order valence-electron chi connectivity index (χ0n) is 17.3. The van der Waals surface area contributed by atoms with Crippen molar-refractivity contribution in [2.75, 3.05) is 25.0 Å². The first kappa shape index (κ1) is 18.9. The van der Waals surface area contributed by atoms with Crippen LogP contribution in [-0.4, -0.2) is 51.1 Å². The Morgan fingerprint density at radius 2 is 2.04 bits per heavy atom. The van der Waals surface area contributed by atoms with E-state index in [2.05, 4.69) is 42.9 Å². The Balaban J connectivity index is 1.66. The number of anilines is 1. The summed E-state index contributed by atoms with van der Waals surface area (Å²) < 4.78 is 0. The van der Waals surface area contributed by atoms with Crippen molar-refractivity contribution < 1.29 is 4.79 Å². The lowest BCUT2D eigenvalue weighted by atomic mass is 9.99. The molecule has 0 spiro atoms. The highest BCUT2D eigenvalue weighted by atomic mass is 16.2. The fraction of sp³-hybridized carbons (Fsp3) is 0.619. The van der Waals surface area contributed by atoms with Crippen LogP contribution in [0.15, 0.2) is 6.07 Å². The number of aromatic nitrogens is 4. The number of hydrogen-bond donors (Lipinski definition) is 1. The maximum absolute atomic E-state index is 13.2. The molecular formula is C21H30N6O. The standard InChI is InChI=1S/C21H30N6O/c1-13(2)16-12-17(25-24-16)21(28)27-11-6-5-9-18(27)19-22-14(3)15-8-7-10-26(4)20(15)23-19/h12-13,18H,5-11H2,1-4H3,(H,24,25)/t18-/m0/s1. The highest BCUT2D eigenvalue weighted by Crippen LogP contribution is 2.34. The molecule has 0 bridgehead atoms. The monoisotopic (exact) mass is 382 g/mol. The van der Waals surface area contributed by atoms with Crippen molar-refractivity contribution in [1.82, 2.24) is 25.1 Å². The summed E-state index contributed by atoms with van der Waals surface area (Å²) in [4.78, 5) is 27.2. The van der Waals surface area contributed by atoms with E-state index in [1.807, 2.05) is 11.0 Å². The number of H-pyrrole nitrogens is 1. The van der Waals surface area contributed by atoms with Gasteiger partial charge in [-0.15, -0.1) is 0 Å². The molecule has 7 heteroatoms. The molecule has 0 unspecified atom stereocenters. The number of aromatic amines is 1. The molecule has 1 N–H and O–H groups in total. The molecule has 1 amide bonds. The second kappa shape index (κ2) is 7.53. The molecule has 2 aliphatic rings. The summed E-state index contributed by atoms with van der Waals surface area (Å²) in [7, 11) is 2.09. The molecule has 7 nitrogen and oxygen atoms in total. The van der Waals surface area contributed by atoms with Crippen LogP contribution in [0.1, 0.15) is 84.8 Å². The third-order valence-electron chi connectivity index (χ3n) is 5.99. The van der Waals surface area contributed by atoms with E-state index in [1.54, 1.807) is 0 Å². The third-order valence-corrected chi connectivity index (χ3v) is 5.99. The van der Waals surface area contributed by atoms with Gasteiger partial charge in [-0.2, -0.15) is 5.10 Å². The highest BCUT2D eigenvalue weighted by molar-refractivity contribution is 5.92. The number of fused-ring (bicyclic) bond motifs is 1. The number of rotatable bonds is 3. The number of carbonyl (C=O) groups excluding carboxylic acids is 1. The first-order valence-electron chi connectivity index (χ1n) is 10.4. The molecule has 0 aliphatic carbocycles. The second-order valence-corrected chi connectivity index (χ2v) is 8.37. The first-order chi connectivity index (χ1) is 13.5. The van der Waals surface area contributed by atoms with Crippen LogP contribution in [0.25, 0.3) is 0 Å². The normalized spacial score (nSPS) is 19.8. The molecule has 2 aliphatic heterocycles. The fourth-order valence-corrected chi connectivity index (χ4v) is 4.29.